The molecule has 0 spiro atoms. The van der Waals surface area contributed by atoms with E-state index in [2.05, 4.69) is 20.8 Å². The molecule has 0 aromatic heterocycles. The van der Waals surface area contributed by atoms with Gasteiger partial charge in [0.05, 0.1) is 37.7 Å². The molecule has 0 saturated carbocycles. The summed E-state index contributed by atoms with van der Waals surface area (Å²) in [4.78, 5) is 37.1. The predicted molar refractivity (Wildman–Crippen MR) is 164 cm³/mol. The van der Waals surface area contributed by atoms with Crippen LogP contribution in [0.25, 0.3) is 0 Å². The van der Waals surface area contributed by atoms with Gasteiger partial charge in [0.2, 0.25) is 0 Å². The second-order valence-electron chi connectivity index (χ2n) is 9.16. The number of morpholine rings is 1. The van der Waals surface area contributed by atoms with Crippen molar-refractivity contribution in [1.29, 1.82) is 0 Å². The molecule has 1 aliphatic rings. The van der Waals surface area contributed by atoms with Crippen molar-refractivity contribution in [3.05, 3.63) is 99.5 Å². The third-order valence-electron chi connectivity index (χ3n) is 6.10. The lowest BCUT2D eigenvalue weighted by atomic mass is 10.0. The normalized spacial score (nSPS) is 12.7. The first kappa shape index (κ1) is 33.7. The maximum absolute atomic E-state index is 12.3. The molecule has 9 heteroatoms. The summed E-state index contributed by atoms with van der Waals surface area (Å²) in [5.41, 5.74) is 9.61. The molecule has 0 atom stereocenters. The third kappa shape index (κ3) is 11.5. The van der Waals surface area contributed by atoms with Gasteiger partial charge in [-0.1, -0.05) is 68.1 Å². The zero-order valence-corrected chi connectivity index (χ0v) is 24.2. The molecule has 41 heavy (non-hydrogen) atoms. The molecule has 220 valence electrons. The summed E-state index contributed by atoms with van der Waals surface area (Å²) < 4.78 is 16.2. The first-order valence-corrected chi connectivity index (χ1v) is 14.0. The van der Waals surface area contributed by atoms with E-state index in [1.807, 2.05) is 60.7 Å². The van der Waals surface area contributed by atoms with Gasteiger partial charge in [0.15, 0.2) is 5.78 Å². The molecular weight excluding hydrogens is 588 g/mol. The second kappa shape index (κ2) is 18.0. The highest BCUT2D eigenvalue weighted by atomic mass is 79.9. The molecule has 1 aliphatic heterocycles. The second-order valence-corrected chi connectivity index (χ2v) is 10.0. The van der Waals surface area contributed by atoms with E-state index < -0.39 is 0 Å². The van der Waals surface area contributed by atoms with Gasteiger partial charge in [0.1, 0.15) is 0 Å². The zero-order valence-electron chi connectivity index (χ0n) is 22.6. The van der Waals surface area contributed by atoms with E-state index in [0.29, 0.717) is 54.9 Å². The topological polar surface area (TPSA) is 108 Å². The summed E-state index contributed by atoms with van der Waals surface area (Å²) >= 11 is 3.42. The van der Waals surface area contributed by atoms with Crippen LogP contribution in [-0.4, -0.2) is 62.1 Å². The number of nitrogen functional groups attached to an aromatic ring is 1. The van der Waals surface area contributed by atoms with E-state index in [4.69, 9.17) is 19.9 Å². The Morgan fingerprint density at radius 3 is 1.93 bits per heavy atom. The van der Waals surface area contributed by atoms with Gasteiger partial charge in [-0.3, -0.25) is 14.5 Å². The van der Waals surface area contributed by atoms with Gasteiger partial charge in [-0.25, -0.2) is 4.79 Å². The average Bonchev–Trinajstić information content (AvgIpc) is 2.98. The number of rotatable bonds is 10. The molecule has 1 saturated heterocycles. The fourth-order valence-electron chi connectivity index (χ4n) is 3.94. The smallest absolute Gasteiger partial charge is 0.338 e. The number of nitrogens with two attached hydrogens (primary N) is 1. The molecule has 1 heterocycles. The third-order valence-corrected chi connectivity index (χ3v) is 6.75. The minimum Gasteiger partial charge on any atom is -0.466 e. The summed E-state index contributed by atoms with van der Waals surface area (Å²) in [5, 5.41) is 0. The van der Waals surface area contributed by atoms with Crippen LogP contribution < -0.4 is 5.73 Å². The van der Waals surface area contributed by atoms with Crippen LogP contribution in [0, 0.1) is 0 Å². The summed E-state index contributed by atoms with van der Waals surface area (Å²) in [7, 11) is 0. The number of carbonyl (C=O) groups excluding carboxylic acids is 3. The molecule has 0 aliphatic carbocycles. The monoisotopic (exact) mass is 626 g/mol. The Labute approximate surface area is 250 Å². The minimum absolute atomic E-state index is 0. The lowest BCUT2D eigenvalue weighted by Crippen LogP contribution is -2.35. The van der Waals surface area contributed by atoms with Crippen molar-refractivity contribution >= 4 is 39.3 Å². The van der Waals surface area contributed by atoms with Crippen LogP contribution in [0.4, 0.5) is 5.69 Å². The Morgan fingerprint density at radius 2 is 1.39 bits per heavy atom. The molecule has 8 nitrogen and oxygen atoms in total. The molecule has 0 amide bonds. The van der Waals surface area contributed by atoms with Crippen molar-refractivity contribution in [3.8, 4) is 0 Å². The van der Waals surface area contributed by atoms with E-state index >= 15 is 0 Å². The zero-order chi connectivity index (χ0) is 28.7. The molecule has 0 bridgehead atoms. The average molecular weight is 628 g/mol. The van der Waals surface area contributed by atoms with Crippen molar-refractivity contribution in [1.82, 2.24) is 4.90 Å². The van der Waals surface area contributed by atoms with E-state index in [0.717, 1.165) is 29.8 Å². The number of ketones is 1. The van der Waals surface area contributed by atoms with Gasteiger partial charge in [0.25, 0.3) is 0 Å². The quantitative estimate of drug-likeness (QED) is 0.128. The van der Waals surface area contributed by atoms with Crippen LogP contribution >= 0.6 is 15.9 Å². The summed E-state index contributed by atoms with van der Waals surface area (Å²) in [5.74, 6) is -0.617. The maximum atomic E-state index is 12.3. The van der Waals surface area contributed by atoms with Crippen molar-refractivity contribution in [2.75, 3.05) is 45.3 Å². The Hall–Kier alpha value is -3.53. The Balaban J connectivity index is 0.000000330. The van der Waals surface area contributed by atoms with Gasteiger partial charge in [0, 0.05) is 42.2 Å². The molecule has 0 radical (unpaired) electrons. The molecule has 3 aromatic rings. The van der Waals surface area contributed by atoms with Crippen LogP contribution in [-0.2, 0) is 25.5 Å². The highest BCUT2D eigenvalue weighted by Gasteiger charge is 2.17. The summed E-state index contributed by atoms with van der Waals surface area (Å²) in [6.45, 7) is 5.74. The first-order chi connectivity index (χ1) is 19.3. The number of esters is 2. The number of benzene rings is 3. The van der Waals surface area contributed by atoms with Crippen molar-refractivity contribution in [3.63, 3.8) is 0 Å². The Kier molecular flexibility index (Phi) is 14.8. The number of hydrogen-bond donors (Lipinski definition) is 1. The predicted octanol–water partition coefficient (Wildman–Crippen LogP) is 5.92. The molecule has 0 unspecified atom stereocenters. The molecular formula is C32H39BrN2O6. The van der Waals surface area contributed by atoms with Crippen LogP contribution in [0.15, 0.2) is 77.3 Å². The largest absolute Gasteiger partial charge is 0.466 e. The number of halogens is 1. The number of nitrogens with zero attached hydrogens (tertiary/aromatic N) is 1. The van der Waals surface area contributed by atoms with E-state index in [9.17, 15) is 14.4 Å². The van der Waals surface area contributed by atoms with E-state index in [-0.39, 0.29) is 31.8 Å². The van der Waals surface area contributed by atoms with Crippen molar-refractivity contribution < 1.29 is 28.6 Å². The van der Waals surface area contributed by atoms with Crippen LogP contribution in [0.2, 0.25) is 0 Å². The fraction of sp³-hybridized carbons (Fsp3) is 0.344. The van der Waals surface area contributed by atoms with Crippen LogP contribution in [0.1, 0.15) is 59.0 Å². The SMILES string of the molecule is C.CC(=O)OCCCCOC(=O)c1cc(Br)c(N)c(CN2CCOCC2)c1.O=C(c1ccccc1)c1ccccc1. The lowest BCUT2D eigenvalue weighted by molar-refractivity contribution is -0.141. The van der Waals surface area contributed by atoms with Gasteiger partial charge < -0.3 is 19.9 Å². The maximum Gasteiger partial charge on any atom is 0.338 e. The highest BCUT2D eigenvalue weighted by molar-refractivity contribution is 9.10. The van der Waals surface area contributed by atoms with Crippen LogP contribution in [0.5, 0.6) is 0 Å². The number of anilines is 1. The van der Waals surface area contributed by atoms with Crippen molar-refractivity contribution in [2.24, 2.45) is 0 Å². The molecule has 3 aromatic carbocycles. The Bertz CT molecular complexity index is 1210. The first-order valence-electron chi connectivity index (χ1n) is 13.2. The van der Waals surface area contributed by atoms with E-state index in [1.54, 1.807) is 12.1 Å². The minimum atomic E-state index is -0.388. The lowest BCUT2D eigenvalue weighted by Gasteiger charge is -2.27. The van der Waals surface area contributed by atoms with Gasteiger partial charge in [-0.2, -0.15) is 0 Å². The van der Waals surface area contributed by atoms with Crippen LogP contribution in [0.3, 0.4) is 0 Å². The summed E-state index contributed by atoms with van der Waals surface area (Å²) in [6, 6.07) is 22.1. The standard InChI is InChI=1S/C18H25BrN2O5.C13H10O.CH4/c1-13(22)25-6-2-3-7-26-18(23)14-10-15(17(20)16(19)11-14)12-21-4-8-24-9-5-21;14-13(11-7-3-1-4-8-11)12-9-5-2-6-10-12;/h10-11H,2-9,12,20H2,1H3;1-10H;1H4. The summed E-state index contributed by atoms with van der Waals surface area (Å²) in [6.07, 6.45) is 1.29. The van der Waals surface area contributed by atoms with E-state index in [1.165, 1.54) is 6.92 Å². The van der Waals surface area contributed by atoms with Gasteiger partial charge in [-0.15, -0.1) is 0 Å². The molecule has 1 fully saturated rings. The van der Waals surface area contributed by atoms with Crippen molar-refractivity contribution in [2.45, 2.75) is 33.7 Å². The number of unbranched alkanes of at least 4 members (excludes halogenated alkanes) is 1. The molecule has 4 rings (SSSR count). The Morgan fingerprint density at radius 1 is 0.854 bits per heavy atom. The van der Waals surface area contributed by atoms with Gasteiger partial charge in [-0.05, 0) is 46.5 Å². The van der Waals surface area contributed by atoms with Gasteiger partial charge >= 0.3 is 11.9 Å². The fourth-order valence-corrected chi connectivity index (χ4v) is 4.44. The molecule has 2 N–H and O–H groups in total. The highest BCUT2D eigenvalue weighted by Crippen LogP contribution is 2.27. The number of ether oxygens (including phenoxy) is 3. The number of hydrogen-bond acceptors (Lipinski definition) is 8. The number of carbonyl (C=O) groups is 3.